The fraction of sp³-hybridized carbons (Fsp3) is 0.346. The minimum Gasteiger partial charge on any atom is -0.494 e. The highest BCUT2D eigenvalue weighted by atomic mass is 32.2. The number of ether oxygens (including phenoxy) is 2. The molecule has 0 spiro atoms. The minimum atomic E-state index is -4.83. The Kier molecular flexibility index (Phi) is 6.27. The van der Waals surface area contributed by atoms with Crippen molar-refractivity contribution in [2.75, 3.05) is 6.61 Å². The monoisotopic (exact) mass is 570 g/mol. The van der Waals surface area contributed by atoms with Gasteiger partial charge in [0.2, 0.25) is 11.8 Å². The molecule has 1 aromatic heterocycles. The normalized spacial score (nSPS) is 22.1. The maximum Gasteiger partial charge on any atom is 0.446 e. The number of hydrogen-bond acceptors (Lipinski definition) is 6. The standard InChI is InChI=1S/C26H20F6N2O4S/c1-23-8-9-24(38-23,10-11-37-16-4-6-17(7-5-16)39-26(30,31)32)20-19(23)21(35)34(22(20)36)15-3-2-14(13-33)18(12-15)25(27,28)29/h2-7,12,35-36H,8-11H2,1H3/t23-,24-/m0/s1. The first-order chi connectivity index (χ1) is 18.2. The molecule has 39 heavy (non-hydrogen) atoms. The average molecular weight is 571 g/mol. The van der Waals surface area contributed by atoms with Crippen LogP contribution in [0.1, 0.15) is 48.4 Å². The molecule has 2 N–H and O–H groups in total. The number of hydrogen-bond donors (Lipinski definition) is 2. The maximum absolute atomic E-state index is 13.6. The highest BCUT2D eigenvalue weighted by Gasteiger charge is 2.61. The molecule has 2 aromatic carbocycles. The highest BCUT2D eigenvalue weighted by molar-refractivity contribution is 8.00. The van der Waals surface area contributed by atoms with Crippen molar-refractivity contribution >= 4 is 11.8 Å². The van der Waals surface area contributed by atoms with E-state index in [1.54, 1.807) is 6.92 Å². The number of aromatic nitrogens is 1. The predicted molar refractivity (Wildman–Crippen MR) is 127 cm³/mol. The predicted octanol–water partition coefficient (Wildman–Crippen LogP) is 7.09. The third kappa shape index (κ3) is 4.65. The van der Waals surface area contributed by atoms with Crippen molar-refractivity contribution < 1.29 is 46.0 Å². The first kappa shape index (κ1) is 27.1. The quantitative estimate of drug-likeness (QED) is 0.243. The molecule has 13 heteroatoms. The van der Waals surface area contributed by atoms with Crippen molar-refractivity contribution in [3.63, 3.8) is 0 Å². The maximum atomic E-state index is 13.6. The van der Waals surface area contributed by atoms with Gasteiger partial charge in [-0.3, -0.25) is 4.57 Å². The van der Waals surface area contributed by atoms with Crippen molar-refractivity contribution in [2.24, 2.45) is 0 Å². The zero-order chi connectivity index (χ0) is 28.4. The second kappa shape index (κ2) is 9.02. The molecule has 1 saturated heterocycles. The SMILES string of the molecule is C[C@@]12CC[C@@](CCOc3ccc(SC(F)(F)F)cc3)(O1)c1c2c(O)n(-c2ccc(C#N)c(C(F)(F)F)c2)c1O. The van der Waals surface area contributed by atoms with E-state index in [9.17, 15) is 36.6 Å². The molecule has 5 rings (SSSR count). The molecule has 206 valence electrons. The Morgan fingerprint density at radius 2 is 1.69 bits per heavy atom. The van der Waals surface area contributed by atoms with E-state index < -0.39 is 45.8 Å². The van der Waals surface area contributed by atoms with Gasteiger partial charge in [-0.05, 0) is 74.0 Å². The highest BCUT2D eigenvalue weighted by Crippen LogP contribution is 2.65. The molecule has 3 aromatic rings. The smallest absolute Gasteiger partial charge is 0.446 e. The number of nitriles is 1. The van der Waals surface area contributed by atoms with Crippen LogP contribution in [0.3, 0.4) is 0 Å². The number of halogens is 6. The summed E-state index contributed by atoms with van der Waals surface area (Å²) in [5.41, 5.74) is -8.02. The van der Waals surface area contributed by atoms with Crippen LogP contribution in [0.4, 0.5) is 26.3 Å². The topological polar surface area (TPSA) is 87.6 Å². The van der Waals surface area contributed by atoms with Gasteiger partial charge in [0, 0.05) is 11.3 Å². The van der Waals surface area contributed by atoms with Crippen LogP contribution in [0.5, 0.6) is 17.5 Å². The van der Waals surface area contributed by atoms with Crippen LogP contribution < -0.4 is 4.74 Å². The van der Waals surface area contributed by atoms with Crippen LogP contribution in [0.25, 0.3) is 5.69 Å². The zero-order valence-corrected chi connectivity index (χ0v) is 21.0. The van der Waals surface area contributed by atoms with E-state index in [2.05, 4.69) is 0 Å². The van der Waals surface area contributed by atoms with Crippen molar-refractivity contribution in [2.45, 2.75) is 54.0 Å². The Morgan fingerprint density at radius 1 is 1.03 bits per heavy atom. The number of fused-ring (bicyclic) bond motifs is 5. The van der Waals surface area contributed by atoms with Crippen LogP contribution in [-0.2, 0) is 22.1 Å². The first-order valence-electron chi connectivity index (χ1n) is 11.7. The summed E-state index contributed by atoms with van der Waals surface area (Å²) in [7, 11) is 0. The summed E-state index contributed by atoms with van der Waals surface area (Å²) in [6, 6.07) is 9.70. The number of nitrogens with zero attached hydrogens (tertiary/aromatic N) is 2. The van der Waals surface area contributed by atoms with Gasteiger partial charge in [0.1, 0.15) is 11.4 Å². The lowest BCUT2D eigenvalue weighted by Gasteiger charge is -2.26. The Labute approximate surface area is 222 Å². The number of alkyl halides is 6. The number of thioether (sulfide) groups is 1. The third-order valence-electron chi connectivity index (χ3n) is 7.05. The number of rotatable bonds is 6. The van der Waals surface area contributed by atoms with E-state index in [1.807, 2.05) is 0 Å². The fourth-order valence-corrected chi connectivity index (χ4v) is 5.97. The van der Waals surface area contributed by atoms with Crippen LogP contribution in [0.15, 0.2) is 47.4 Å². The second-order valence-electron chi connectivity index (χ2n) is 9.52. The Morgan fingerprint density at radius 3 is 2.31 bits per heavy atom. The van der Waals surface area contributed by atoms with Gasteiger partial charge in [-0.15, -0.1) is 0 Å². The summed E-state index contributed by atoms with van der Waals surface area (Å²) < 4.78 is 91.2. The van der Waals surface area contributed by atoms with E-state index in [-0.39, 0.29) is 46.5 Å². The summed E-state index contributed by atoms with van der Waals surface area (Å²) in [5.74, 6) is -0.640. The van der Waals surface area contributed by atoms with E-state index >= 15 is 0 Å². The Hall–Kier alpha value is -3.50. The van der Waals surface area contributed by atoms with Crippen molar-refractivity contribution in [3.8, 4) is 29.3 Å². The van der Waals surface area contributed by atoms with E-state index in [1.165, 1.54) is 36.4 Å². The number of benzene rings is 2. The average Bonchev–Trinajstić information content (AvgIpc) is 3.42. The van der Waals surface area contributed by atoms with Crippen LogP contribution in [0.2, 0.25) is 0 Å². The molecule has 2 bridgehead atoms. The summed E-state index contributed by atoms with van der Waals surface area (Å²) in [6.07, 6.45) is -3.76. The molecule has 2 atom stereocenters. The first-order valence-corrected chi connectivity index (χ1v) is 12.5. The van der Waals surface area contributed by atoms with Gasteiger partial charge in [0.05, 0.1) is 46.2 Å². The van der Waals surface area contributed by atoms with Gasteiger partial charge in [-0.25, -0.2) is 0 Å². The molecule has 1 fully saturated rings. The van der Waals surface area contributed by atoms with Crippen molar-refractivity contribution in [3.05, 3.63) is 64.7 Å². The Bertz CT molecular complexity index is 1480. The minimum absolute atomic E-state index is 0.00184. The van der Waals surface area contributed by atoms with E-state index in [4.69, 9.17) is 14.7 Å². The van der Waals surface area contributed by atoms with Crippen LogP contribution in [0, 0.1) is 11.3 Å². The van der Waals surface area contributed by atoms with Gasteiger partial charge < -0.3 is 19.7 Å². The summed E-state index contributed by atoms with van der Waals surface area (Å²) >= 11 is -0.246. The Balaban J connectivity index is 1.43. The molecule has 6 nitrogen and oxygen atoms in total. The lowest BCUT2D eigenvalue weighted by molar-refractivity contribution is -0.137. The molecule has 0 saturated carbocycles. The molecule has 2 aliphatic heterocycles. The van der Waals surface area contributed by atoms with Crippen LogP contribution in [-0.4, -0.2) is 26.9 Å². The zero-order valence-electron chi connectivity index (χ0n) is 20.2. The van der Waals surface area contributed by atoms with E-state index in [0.29, 0.717) is 24.7 Å². The van der Waals surface area contributed by atoms with Crippen molar-refractivity contribution in [1.82, 2.24) is 4.57 Å². The molecule has 3 heterocycles. The lowest BCUT2D eigenvalue weighted by atomic mass is 9.78. The van der Waals surface area contributed by atoms with Gasteiger partial charge in [0.15, 0.2) is 0 Å². The summed E-state index contributed by atoms with van der Waals surface area (Å²) in [5, 5.41) is 31.4. The molecule has 0 radical (unpaired) electrons. The number of aromatic hydroxyl groups is 2. The van der Waals surface area contributed by atoms with Gasteiger partial charge in [0.25, 0.3) is 0 Å². The lowest BCUT2D eigenvalue weighted by Crippen LogP contribution is -2.25. The molecular weight excluding hydrogens is 550 g/mol. The molecule has 0 unspecified atom stereocenters. The van der Waals surface area contributed by atoms with Crippen molar-refractivity contribution in [1.29, 1.82) is 5.26 Å². The van der Waals surface area contributed by atoms with Gasteiger partial charge in [-0.1, -0.05) is 0 Å². The molecule has 0 amide bonds. The van der Waals surface area contributed by atoms with Gasteiger partial charge in [-0.2, -0.15) is 31.6 Å². The summed E-state index contributed by atoms with van der Waals surface area (Å²) in [4.78, 5) is 0.00184. The van der Waals surface area contributed by atoms with Crippen LogP contribution >= 0.6 is 11.8 Å². The largest absolute Gasteiger partial charge is 0.494 e. The van der Waals surface area contributed by atoms with Gasteiger partial charge >= 0.3 is 11.7 Å². The third-order valence-corrected chi connectivity index (χ3v) is 7.79. The molecular formula is C26H20F6N2O4S. The molecule has 0 aliphatic carbocycles. The van der Waals surface area contributed by atoms with E-state index in [0.717, 1.165) is 10.6 Å². The fourth-order valence-electron chi connectivity index (χ4n) is 5.43. The molecule has 2 aliphatic rings. The second-order valence-corrected chi connectivity index (χ2v) is 10.7. The summed E-state index contributed by atoms with van der Waals surface area (Å²) in [6.45, 7) is 1.75.